The number of aromatic nitrogens is 1. The number of benzene rings is 1. The van der Waals surface area contributed by atoms with Crippen LogP contribution in [-0.2, 0) is 32.1 Å². The summed E-state index contributed by atoms with van der Waals surface area (Å²) < 4.78 is 16.2. The third-order valence-corrected chi connectivity index (χ3v) is 6.19. The number of ether oxygens (including phenoxy) is 2. The smallest absolute Gasteiger partial charge is 0.458 e. The maximum Gasteiger partial charge on any atom is 0.492 e. The highest BCUT2D eigenvalue weighted by atomic mass is 16.5. The summed E-state index contributed by atoms with van der Waals surface area (Å²) in [6.45, 7) is 8.62. The van der Waals surface area contributed by atoms with Gasteiger partial charge in [-0.15, -0.1) is 0 Å². The number of fused-ring (bicyclic) bond motifs is 1. The zero-order valence-corrected chi connectivity index (χ0v) is 19.7. The molecule has 9 nitrogen and oxygen atoms in total. The van der Waals surface area contributed by atoms with Gasteiger partial charge in [0.2, 0.25) is 0 Å². The van der Waals surface area contributed by atoms with E-state index in [9.17, 15) is 14.6 Å². The molecular weight excluding hydrogens is 437 g/mol. The lowest BCUT2D eigenvalue weighted by atomic mass is 9.75. The average molecular weight is 467 g/mol. The number of nitrogens with zero attached hydrogens (tertiary/aromatic N) is 2. The fourth-order valence-corrected chi connectivity index (χ4v) is 4.22. The van der Waals surface area contributed by atoms with Gasteiger partial charge in [0.1, 0.15) is 18.5 Å². The highest BCUT2D eigenvalue weighted by molar-refractivity contribution is 6.62. The first-order valence-electron chi connectivity index (χ1n) is 11.5. The van der Waals surface area contributed by atoms with E-state index in [-0.39, 0.29) is 12.5 Å². The highest BCUT2D eigenvalue weighted by Crippen LogP contribution is 2.18. The van der Waals surface area contributed by atoms with E-state index < -0.39 is 25.0 Å². The molecule has 1 aromatic heterocycles. The second-order valence-corrected chi connectivity index (χ2v) is 8.86. The number of rotatable bonds is 7. The molecule has 0 bridgehead atoms. The van der Waals surface area contributed by atoms with Crippen LogP contribution in [0, 0.1) is 12.8 Å². The third-order valence-electron chi connectivity index (χ3n) is 6.19. The molecule has 3 heterocycles. The molecule has 1 atom stereocenters. The van der Waals surface area contributed by atoms with Crippen LogP contribution in [0.1, 0.15) is 41.0 Å². The van der Waals surface area contributed by atoms with E-state index in [4.69, 9.17) is 14.1 Å². The molecule has 0 aliphatic carbocycles. The number of nitrogens with one attached hydrogen (secondary N) is 1. The number of esters is 1. The summed E-state index contributed by atoms with van der Waals surface area (Å²) in [6, 6.07) is 8.25. The van der Waals surface area contributed by atoms with Crippen LogP contribution in [-0.4, -0.2) is 61.3 Å². The van der Waals surface area contributed by atoms with Crippen LogP contribution in [0.5, 0.6) is 0 Å². The number of hydrogen-bond acceptors (Lipinski definition) is 8. The van der Waals surface area contributed by atoms with E-state index in [1.807, 2.05) is 32.0 Å². The first-order chi connectivity index (χ1) is 16.3. The molecule has 0 unspecified atom stereocenters. The molecule has 180 valence electrons. The molecule has 1 saturated heterocycles. The standard InChI is InChI=1S/C24H30BN3O6/c1-15(2)22(27-23(29)19-8-7-17-13-34-25(31)21(17)16(19)3)24(30)33-14-18-5-4-6-20(26-18)28-9-11-32-12-10-28/h4-8,15,22,31H,9-14H2,1-3H3,(H,27,29)/t22-/m0/s1. The number of amides is 1. The van der Waals surface area contributed by atoms with Crippen LogP contribution in [0.4, 0.5) is 5.82 Å². The van der Waals surface area contributed by atoms with Crippen molar-refractivity contribution in [1.29, 1.82) is 0 Å². The number of anilines is 1. The molecular formula is C24H30BN3O6. The van der Waals surface area contributed by atoms with E-state index in [2.05, 4.69) is 15.2 Å². The predicted octanol–water partition coefficient (Wildman–Crippen LogP) is 0.942. The van der Waals surface area contributed by atoms with Crippen molar-refractivity contribution in [3.8, 4) is 0 Å². The van der Waals surface area contributed by atoms with Crippen molar-refractivity contribution in [3.05, 3.63) is 52.7 Å². The van der Waals surface area contributed by atoms with Gasteiger partial charge in [-0.3, -0.25) is 4.79 Å². The SMILES string of the molecule is Cc1c(C(=O)N[C@H](C(=O)OCc2cccc(N3CCOCC3)n2)C(C)C)ccc2c1B(O)OC2. The van der Waals surface area contributed by atoms with Crippen LogP contribution < -0.4 is 15.7 Å². The third kappa shape index (κ3) is 5.24. The summed E-state index contributed by atoms with van der Waals surface area (Å²) in [4.78, 5) is 32.6. The molecule has 2 aliphatic heterocycles. The van der Waals surface area contributed by atoms with E-state index >= 15 is 0 Å². The number of carbonyl (C=O) groups is 2. The van der Waals surface area contributed by atoms with Gasteiger partial charge in [0.15, 0.2) is 0 Å². The molecule has 2 aliphatic rings. The Kier molecular flexibility index (Phi) is 7.50. The number of carbonyl (C=O) groups excluding carboxylic acids is 2. The van der Waals surface area contributed by atoms with Crippen LogP contribution in [0.2, 0.25) is 0 Å². The van der Waals surface area contributed by atoms with Crippen molar-refractivity contribution in [2.75, 3.05) is 31.2 Å². The maximum atomic E-state index is 13.0. The van der Waals surface area contributed by atoms with Crippen molar-refractivity contribution < 1.29 is 28.7 Å². The first kappa shape index (κ1) is 24.2. The van der Waals surface area contributed by atoms with Crippen LogP contribution in [0.25, 0.3) is 0 Å². The first-order valence-corrected chi connectivity index (χ1v) is 11.5. The van der Waals surface area contributed by atoms with E-state index in [1.54, 1.807) is 19.1 Å². The van der Waals surface area contributed by atoms with Gasteiger partial charge in [-0.1, -0.05) is 26.0 Å². The minimum atomic E-state index is -1.05. The normalized spacial score (nSPS) is 16.4. The summed E-state index contributed by atoms with van der Waals surface area (Å²) in [6.07, 6.45) is 0. The Morgan fingerprint density at radius 2 is 2.00 bits per heavy atom. The van der Waals surface area contributed by atoms with E-state index in [0.717, 1.165) is 24.5 Å². The Bertz CT molecular complexity index is 1060. The average Bonchev–Trinajstić information content (AvgIpc) is 3.23. The van der Waals surface area contributed by atoms with Gasteiger partial charge < -0.3 is 29.4 Å². The Morgan fingerprint density at radius 1 is 1.24 bits per heavy atom. The number of morpholine rings is 1. The molecule has 0 saturated carbocycles. The van der Waals surface area contributed by atoms with Gasteiger partial charge >= 0.3 is 13.1 Å². The predicted molar refractivity (Wildman–Crippen MR) is 127 cm³/mol. The van der Waals surface area contributed by atoms with Gasteiger partial charge in [-0.2, -0.15) is 0 Å². The van der Waals surface area contributed by atoms with Gasteiger partial charge in [0.25, 0.3) is 5.91 Å². The molecule has 34 heavy (non-hydrogen) atoms. The lowest BCUT2D eigenvalue weighted by Gasteiger charge is -2.28. The topological polar surface area (TPSA) is 110 Å². The van der Waals surface area contributed by atoms with Gasteiger partial charge in [0.05, 0.1) is 25.5 Å². The molecule has 0 spiro atoms. The minimum absolute atomic E-state index is 0.0114. The van der Waals surface area contributed by atoms with Crippen LogP contribution in [0.15, 0.2) is 30.3 Å². The molecule has 4 rings (SSSR count). The lowest BCUT2D eigenvalue weighted by Crippen LogP contribution is -2.46. The van der Waals surface area contributed by atoms with Crippen molar-refractivity contribution >= 4 is 30.3 Å². The van der Waals surface area contributed by atoms with Crippen molar-refractivity contribution in [3.63, 3.8) is 0 Å². The van der Waals surface area contributed by atoms with Crippen molar-refractivity contribution in [2.45, 2.75) is 40.0 Å². The fourth-order valence-electron chi connectivity index (χ4n) is 4.22. The zero-order valence-electron chi connectivity index (χ0n) is 19.7. The van der Waals surface area contributed by atoms with E-state index in [0.29, 0.717) is 42.1 Å². The van der Waals surface area contributed by atoms with Gasteiger partial charge in [-0.25, -0.2) is 9.78 Å². The maximum absolute atomic E-state index is 13.0. The minimum Gasteiger partial charge on any atom is -0.458 e. The molecule has 1 fully saturated rings. The summed E-state index contributed by atoms with van der Waals surface area (Å²) in [5, 5.41) is 12.9. The van der Waals surface area contributed by atoms with Crippen molar-refractivity contribution in [1.82, 2.24) is 10.3 Å². The molecule has 1 aromatic carbocycles. The van der Waals surface area contributed by atoms with Crippen LogP contribution >= 0.6 is 0 Å². The van der Waals surface area contributed by atoms with Crippen LogP contribution in [0.3, 0.4) is 0 Å². The molecule has 10 heteroatoms. The Labute approximate surface area is 199 Å². The Balaban J connectivity index is 1.41. The van der Waals surface area contributed by atoms with Gasteiger partial charge in [0, 0.05) is 18.7 Å². The monoisotopic (exact) mass is 467 g/mol. The quantitative estimate of drug-likeness (QED) is 0.458. The number of pyridine rings is 1. The molecule has 1 amide bonds. The second-order valence-electron chi connectivity index (χ2n) is 8.86. The van der Waals surface area contributed by atoms with Gasteiger partial charge in [-0.05, 0) is 47.6 Å². The van der Waals surface area contributed by atoms with Crippen molar-refractivity contribution in [2.24, 2.45) is 5.92 Å². The summed E-state index contributed by atoms with van der Waals surface area (Å²) >= 11 is 0. The fraction of sp³-hybridized carbons (Fsp3) is 0.458. The van der Waals surface area contributed by atoms with E-state index in [1.165, 1.54) is 0 Å². The largest absolute Gasteiger partial charge is 0.492 e. The number of hydrogen-bond donors (Lipinski definition) is 2. The lowest BCUT2D eigenvalue weighted by molar-refractivity contribution is -0.148. The zero-order chi connectivity index (χ0) is 24.2. The Hall–Kier alpha value is -2.95. The molecule has 0 radical (unpaired) electrons. The Morgan fingerprint density at radius 3 is 2.74 bits per heavy atom. The molecule has 2 N–H and O–H groups in total. The summed E-state index contributed by atoms with van der Waals surface area (Å²) in [7, 11) is -1.05. The second kappa shape index (κ2) is 10.5. The summed E-state index contributed by atoms with van der Waals surface area (Å²) in [5.74, 6) is -0.289. The highest BCUT2D eigenvalue weighted by Gasteiger charge is 2.32. The summed E-state index contributed by atoms with van der Waals surface area (Å²) in [5.41, 5.74) is 3.13. The molecule has 2 aromatic rings.